The highest BCUT2D eigenvalue weighted by atomic mass is 31.1. The van der Waals surface area contributed by atoms with E-state index in [0.29, 0.717) is 0 Å². The summed E-state index contributed by atoms with van der Waals surface area (Å²) >= 11 is 0. The fourth-order valence-corrected chi connectivity index (χ4v) is 1.92. The molecule has 0 fully saturated rings. The summed E-state index contributed by atoms with van der Waals surface area (Å²) in [6.07, 6.45) is 0.870. The third-order valence-corrected chi connectivity index (χ3v) is 3.82. The van der Waals surface area contributed by atoms with Gasteiger partial charge in [-0.25, -0.2) is 0 Å². The molecule has 3 nitrogen and oxygen atoms in total. The average Bonchev–Trinajstić information content (AvgIpc) is 2.06. The molecule has 0 saturated heterocycles. The van der Waals surface area contributed by atoms with Crippen LogP contribution in [0.25, 0.3) is 0 Å². The lowest BCUT2D eigenvalue weighted by atomic mass is 10.1. The van der Waals surface area contributed by atoms with Gasteiger partial charge >= 0.3 is 8.18 Å². The zero-order valence-corrected chi connectivity index (χ0v) is 10.2. The van der Waals surface area contributed by atoms with Gasteiger partial charge in [0.05, 0.1) is 0 Å². The van der Waals surface area contributed by atoms with Crippen molar-refractivity contribution in [3.63, 3.8) is 0 Å². The lowest BCUT2D eigenvalue weighted by Crippen LogP contribution is -2.24. The van der Waals surface area contributed by atoms with Gasteiger partial charge in [0.15, 0.2) is 0 Å². The van der Waals surface area contributed by atoms with Crippen LogP contribution in [0.15, 0.2) is 0 Å². The van der Waals surface area contributed by atoms with Crippen LogP contribution in [-0.4, -0.2) is 23.4 Å². The molecule has 0 radical (unpaired) electrons. The molecular formula is C9H21NO2P+. The van der Waals surface area contributed by atoms with Gasteiger partial charge in [0.25, 0.3) is 0 Å². The van der Waals surface area contributed by atoms with Gasteiger partial charge in [-0.15, -0.1) is 4.52 Å². The summed E-state index contributed by atoms with van der Waals surface area (Å²) in [6.45, 7) is 11.5. The monoisotopic (exact) mass is 206 g/mol. The fourth-order valence-electron chi connectivity index (χ4n) is 0.788. The largest absolute Gasteiger partial charge is 0.616 e. The highest BCUT2D eigenvalue weighted by Gasteiger charge is 2.35. The topological polar surface area (TPSA) is 29.5 Å². The molecule has 13 heavy (non-hydrogen) atoms. The summed E-state index contributed by atoms with van der Waals surface area (Å²) in [7, 11) is -1.65. The van der Waals surface area contributed by atoms with E-state index < -0.39 is 8.18 Å². The first-order valence-corrected chi connectivity index (χ1v) is 6.01. The maximum absolute atomic E-state index is 11.6. The van der Waals surface area contributed by atoms with Crippen LogP contribution in [0.4, 0.5) is 0 Å². The van der Waals surface area contributed by atoms with Crippen molar-refractivity contribution in [2.75, 3.05) is 13.1 Å². The number of nitrogens with zero attached hydrogens (tertiary/aromatic N) is 1. The molecule has 0 spiro atoms. The van der Waals surface area contributed by atoms with Crippen molar-refractivity contribution in [3.05, 3.63) is 0 Å². The summed E-state index contributed by atoms with van der Waals surface area (Å²) in [4.78, 5) is 0. The minimum absolute atomic E-state index is 0.282. The molecule has 0 bridgehead atoms. The molecule has 4 heteroatoms. The predicted octanol–water partition coefficient (Wildman–Crippen LogP) is 3.19. The molecule has 0 rings (SSSR count). The first kappa shape index (κ1) is 13.0. The van der Waals surface area contributed by atoms with Gasteiger partial charge in [-0.3, -0.25) is 0 Å². The number of hydrogen-bond donors (Lipinski definition) is 0. The molecule has 1 atom stereocenters. The lowest BCUT2D eigenvalue weighted by molar-refractivity contribution is 0.103. The Kier molecular flexibility index (Phi) is 5.70. The standard InChI is InChI=1S/C9H21NO2P/c1-6-9(4,5)12-13(11)10(7-2)8-3/h6-8H2,1-5H3/q+1. The molecule has 0 aliphatic heterocycles. The summed E-state index contributed by atoms with van der Waals surface area (Å²) in [6, 6.07) is 0. The van der Waals surface area contributed by atoms with Crippen LogP contribution in [0.1, 0.15) is 41.0 Å². The van der Waals surface area contributed by atoms with Crippen molar-refractivity contribution < 1.29 is 9.09 Å². The van der Waals surface area contributed by atoms with Crippen LogP contribution < -0.4 is 0 Å². The maximum Gasteiger partial charge on any atom is 0.616 e. The zero-order chi connectivity index (χ0) is 10.5. The Balaban J connectivity index is 4.13. The molecule has 0 aliphatic rings. The second-order valence-electron chi connectivity index (χ2n) is 3.58. The van der Waals surface area contributed by atoms with Crippen LogP contribution in [0.5, 0.6) is 0 Å². The Labute approximate surface area is 82.4 Å². The van der Waals surface area contributed by atoms with E-state index in [1.807, 2.05) is 39.3 Å². The SMILES string of the molecule is CCN(CC)[P+](=O)OC(C)(C)CC. The second-order valence-corrected chi connectivity index (χ2v) is 4.81. The Morgan fingerprint density at radius 1 is 1.23 bits per heavy atom. The van der Waals surface area contributed by atoms with E-state index in [2.05, 4.69) is 0 Å². The molecule has 0 aliphatic carbocycles. The lowest BCUT2D eigenvalue weighted by Gasteiger charge is -2.16. The van der Waals surface area contributed by atoms with Gasteiger partial charge < -0.3 is 0 Å². The van der Waals surface area contributed by atoms with Crippen molar-refractivity contribution in [3.8, 4) is 0 Å². The van der Waals surface area contributed by atoms with Crippen molar-refractivity contribution in [2.24, 2.45) is 0 Å². The molecule has 0 amide bonds. The molecule has 0 aromatic heterocycles. The smallest absolute Gasteiger partial charge is 0.124 e. The van der Waals surface area contributed by atoms with E-state index >= 15 is 0 Å². The van der Waals surface area contributed by atoms with Gasteiger partial charge in [-0.05, 0) is 38.7 Å². The van der Waals surface area contributed by atoms with E-state index in [0.717, 1.165) is 19.5 Å². The van der Waals surface area contributed by atoms with Crippen molar-refractivity contribution in [1.82, 2.24) is 4.67 Å². The van der Waals surface area contributed by atoms with E-state index in [4.69, 9.17) is 4.52 Å². The van der Waals surface area contributed by atoms with E-state index in [1.54, 1.807) is 0 Å². The highest BCUT2D eigenvalue weighted by molar-refractivity contribution is 7.36. The Hall–Kier alpha value is 0.0200. The summed E-state index contributed by atoms with van der Waals surface area (Å²) in [5.41, 5.74) is -0.282. The third kappa shape index (κ3) is 4.70. The average molecular weight is 206 g/mol. The molecule has 0 heterocycles. The minimum Gasteiger partial charge on any atom is -0.124 e. The quantitative estimate of drug-likeness (QED) is 0.625. The van der Waals surface area contributed by atoms with Crippen molar-refractivity contribution in [2.45, 2.75) is 46.6 Å². The zero-order valence-electron chi connectivity index (χ0n) is 9.33. The molecule has 0 aromatic rings. The molecular weight excluding hydrogens is 185 g/mol. The third-order valence-electron chi connectivity index (χ3n) is 2.14. The maximum atomic E-state index is 11.6. The van der Waals surface area contributed by atoms with Gasteiger partial charge in [0.2, 0.25) is 0 Å². The minimum atomic E-state index is -1.65. The number of rotatable bonds is 6. The molecule has 78 valence electrons. The predicted molar refractivity (Wildman–Crippen MR) is 56.0 cm³/mol. The number of hydrogen-bond acceptors (Lipinski definition) is 2. The fraction of sp³-hybridized carbons (Fsp3) is 1.00. The van der Waals surface area contributed by atoms with Crippen molar-refractivity contribution in [1.29, 1.82) is 0 Å². The molecule has 1 unspecified atom stereocenters. The van der Waals surface area contributed by atoms with Gasteiger partial charge in [0, 0.05) is 13.1 Å². The van der Waals surface area contributed by atoms with E-state index in [9.17, 15) is 4.57 Å². The van der Waals surface area contributed by atoms with Crippen LogP contribution in [-0.2, 0) is 9.09 Å². The van der Waals surface area contributed by atoms with Crippen LogP contribution in [0.3, 0.4) is 0 Å². The van der Waals surface area contributed by atoms with Gasteiger partial charge in [-0.2, -0.15) is 0 Å². The Morgan fingerprint density at radius 3 is 2.00 bits per heavy atom. The van der Waals surface area contributed by atoms with Gasteiger partial charge in [-0.1, -0.05) is 11.6 Å². The molecule has 0 N–H and O–H groups in total. The first-order valence-electron chi connectivity index (χ1n) is 4.88. The van der Waals surface area contributed by atoms with E-state index in [-0.39, 0.29) is 5.60 Å². The summed E-state index contributed by atoms with van der Waals surface area (Å²) in [5, 5.41) is 0. The Morgan fingerprint density at radius 2 is 1.69 bits per heavy atom. The summed E-state index contributed by atoms with van der Waals surface area (Å²) in [5.74, 6) is 0. The molecule has 0 saturated carbocycles. The van der Waals surface area contributed by atoms with Crippen LogP contribution in [0.2, 0.25) is 0 Å². The molecule has 0 aromatic carbocycles. The second kappa shape index (κ2) is 5.69. The van der Waals surface area contributed by atoms with Crippen LogP contribution in [0, 0.1) is 0 Å². The van der Waals surface area contributed by atoms with Crippen LogP contribution >= 0.6 is 8.18 Å². The highest BCUT2D eigenvalue weighted by Crippen LogP contribution is 2.34. The van der Waals surface area contributed by atoms with Crippen molar-refractivity contribution >= 4 is 8.18 Å². The normalized spacial score (nSPS) is 13.5. The summed E-state index contributed by atoms with van der Waals surface area (Å²) < 4.78 is 18.9. The Bertz CT molecular complexity index is 167. The van der Waals surface area contributed by atoms with E-state index in [1.165, 1.54) is 0 Å². The van der Waals surface area contributed by atoms with Gasteiger partial charge in [0.1, 0.15) is 5.60 Å². The first-order chi connectivity index (χ1) is 5.96.